The van der Waals surface area contributed by atoms with Gasteiger partial charge in [-0.1, -0.05) is 25.4 Å². The van der Waals surface area contributed by atoms with E-state index in [1.165, 1.54) is 16.6 Å². The average molecular weight is 292 g/mol. The highest BCUT2D eigenvalue weighted by atomic mass is 35.5. The Balaban J connectivity index is 3.23. The van der Waals surface area contributed by atoms with E-state index in [1.54, 1.807) is 6.92 Å². The average Bonchev–Trinajstić information content (AvgIpc) is 2.32. The monoisotopic (exact) mass is 291 g/mol. The molecule has 1 aromatic heterocycles. The molecule has 1 atom stereocenters. The summed E-state index contributed by atoms with van der Waals surface area (Å²) in [5.41, 5.74) is 5.48. The van der Waals surface area contributed by atoms with Gasteiger partial charge in [0.1, 0.15) is 10.7 Å². The minimum Gasteiger partial charge on any atom is -0.382 e. The molecule has 1 aromatic rings. The van der Waals surface area contributed by atoms with Crippen molar-refractivity contribution < 1.29 is 8.42 Å². The van der Waals surface area contributed by atoms with Crippen molar-refractivity contribution >= 4 is 27.4 Å². The normalized spacial score (nSPS) is 13.8. The summed E-state index contributed by atoms with van der Waals surface area (Å²) in [7, 11) is -3.57. The van der Waals surface area contributed by atoms with E-state index in [4.69, 9.17) is 17.3 Å². The highest BCUT2D eigenvalue weighted by Crippen LogP contribution is 2.24. The minimum absolute atomic E-state index is 0.0728. The van der Waals surface area contributed by atoms with Crippen LogP contribution in [0.1, 0.15) is 27.2 Å². The van der Waals surface area contributed by atoms with Crippen molar-refractivity contribution in [3.8, 4) is 0 Å². The molecule has 0 aliphatic rings. The number of hydrogen-bond donors (Lipinski definition) is 1. The molecule has 0 saturated heterocycles. The van der Waals surface area contributed by atoms with Gasteiger partial charge in [-0.25, -0.2) is 13.4 Å². The maximum Gasteiger partial charge on any atom is 0.244 e. The first-order valence-electron chi connectivity index (χ1n) is 5.77. The van der Waals surface area contributed by atoms with Crippen LogP contribution in [-0.2, 0) is 10.0 Å². The van der Waals surface area contributed by atoms with E-state index >= 15 is 0 Å². The molecular weight excluding hydrogens is 274 g/mol. The third-order valence-electron chi connectivity index (χ3n) is 2.85. The van der Waals surface area contributed by atoms with E-state index in [-0.39, 0.29) is 21.8 Å². The number of aromatic nitrogens is 1. The second kappa shape index (κ2) is 5.86. The van der Waals surface area contributed by atoms with Crippen LogP contribution in [0.2, 0.25) is 5.02 Å². The van der Waals surface area contributed by atoms with E-state index in [0.29, 0.717) is 6.54 Å². The van der Waals surface area contributed by atoms with Gasteiger partial charge >= 0.3 is 0 Å². The summed E-state index contributed by atoms with van der Waals surface area (Å²) < 4.78 is 26.3. The van der Waals surface area contributed by atoms with Crippen LogP contribution in [0.25, 0.3) is 0 Å². The van der Waals surface area contributed by atoms with E-state index in [9.17, 15) is 8.42 Å². The second-order valence-electron chi connectivity index (χ2n) is 4.00. The van der Waals surface area contributed by atoms with E-state index in [0.717, 1.165) is 6.42 Å². The molecule has 1 unspecified atom stereocenters. The van der Waals surface area contributed by atoms with Gasteiger partial charge in [0.2, 0.25) is 10.0 Å². The Bertz CT molecular complexity index is 519. The quantitative estimate of drug-likeness (QED) is 0.901. The van der Waals surface area contributed by atoms with Gasteiger partial charge in [0, 0.05) is 18.8 Å². The van der Waals surface area contributed by atoms with Crippen molar-refractivity contribution in [2.45, 2.75) is 38.1 Å². The number of anilines is 1. The summed E-state index contributed by atoms with van der Waals surface area (Å²) in [6.45, 7) is 6.01. The molecule has 102 valence electrons. The van der Waals surface area contributed by atoms with Crippen molar-refractivity contribution in [1.82, 2.24) is 9.29 Å². The van der Waals surface area contributed by atoms with Crippen LogP contribution in [0.3, 0.4) is 0 Å². The molecule has 0 aliphatic heterocycles. The zero-order chi connectivity index (χ0) is 13.9. The molecule has 18 heavy (non-hydrogen) atoms. The molecule has 0 bridgehead atoms. The molecule has 2 N–H and O–H groups in total. The molecule has 0 aliphatic carbocycles. The first-order chi connectivity index (χ1) is 8.34. The van der Waals surface area contributed by atoms with Gasteiger partial charge in [0.25, 0.3) is 0 Å². The Morgan fingerprint density at radius 3 is 2.56 bits per heavy atom. The fraction of sp³-hybridized carbons (Fsp3) is 0.545. The molecule has 7 heteroatoms. The number of pyridine rings is 1. The van der Waals surface area contributed by atoms with Gasteiger partial charge in [-0.2, -0.15) is 4.31 Å². The van der Waals surface area contributed by atoms with Gasteiger partial charge in [-0.3, -0.25) is 0 Å². The van der Waals surface area contributed by atoms with Crippen molar-refractivity contribution in [3.05, 3.63) is 17.3 Å². The van der Waals surface area contributed by atoms with Gasteiger partial charge in [-0.15, -0.1) is 0 Å². The zero-order valence-corrected chi connectivity index (χ0v) is 12.3. The number of rotatable bonds is 5. The first-order valence-corrected chi connectivity index (χ1v) is 7.59. The second-order valence-corrected chi connectivity index (χ2v) is 6.30. The van der Waals surface area contributed by atoms with Gasteiger partial charge < -0.3 is 5.73 Å². The highest BCUT2D eigenvalue weighted by Gasteiger charge is 2.27. The van der Waals surface area contributed by atoms with Crippen LogP contribution >= 0.6 is 11.6 Å². The lowest BCUT2D eigenvalue weighted by Gasteiger charge is -2.26. The summed E-state index contributed by atoms with van der Waals surface area (Å²) in [5, 5.41) is 0.149. The Morgan fingerprint density at radius 2 is 2.11 bits per heavy atom. The lowest BCUT2D eigenvalue weighted by Crippen LogP contribution is -2.38. The standard InChI is InChI=1S/C11H18ClN3O2S/c1-4-8(3)15(5-2)18(16,17)9-6-10(12)11(13)14-7-9/h6-8H,4-5H2,1-3H3,(H2,13,14). The fourth-order valence-electron chi connectivity index (χ4n) is 1.63. The first kappa shape index (κ1) is 15.2. The smallest absolute Gasteiger partial charge is 0.244 e. The maximum absolute atomic E-state index is 12.4. The summed E-state index contributed by atoms with van der Waals surface area (Å²) in [6.07, 6.45) is 1.98. The summed E-state index contributed by atoms with van der Waals surface area (Å²) in [4.78, 5) is 3.86. The Kier molecular flexibility index (Phi) is 4.95. The summed E-state index contributed by atoms with van der Waals surface area (Å²) >= 11 is 5.81. The maximum atomic E-state index is 12.4. The number of halogens is 1. The number of nitrogens with two attached hydrogens (primary N) is 1. The fourth-order valence-corrected chi connectivity index (χ4v) is 3.55. The third kappa shape index (κ3) is 2.93. The molecule has 5 nitrogen and oxygen atoms in total. The zero-order valence-electron chi connectivity index (χ0n) is 10.7. The molecular formula is C11H18ClN3O2S. The predicted molar refractivity (Wildman–Crippen MR) is 73.0 cm³/mol. The molecule has 0 radical (unpaired) electrons. The number of sulfonamides is 1. The van der Waals surface area contributed by atoms with Crippen LogP contribution in [0, 0.1) is 0 Å². The predicted octanol–water partition coefficient (Wildman–Crippen LogP) is 2.13. The highest BCUT2D eigenvalue weighted by molar-refractivity contribution is 7.89. The van der Waals surface area contributed by atoms with E-state index < -0.39 is 10.0 Å². The minimum atomic E-state index is -3.57. The van der Waals surface area contributed by atoms with Crippen molar-refractivity contribution in [2.24, 2.45) is 0 Å². The number of nitrogen functional groups attached to an aromatic ring is 1. The molecule has 0 spiro atoms. The molecule has 0 fully saturated rings. The molecule has 1 rings (SSSR count). The number of nitrogens with zero attached hydrogens (tertiary/aromatic N) is 2. The van der Waals surface area contributed by atoms with Crippen LogP contribution in [0.4, 0.5) is 5.82 Å². The topological polar surface area (TPSA) is 76.3 Å². The van der Waals surface area contributed by atoms with Crippen LogP contribution < -0.4 is 5.73 Å². The van der Waals surface area contributed by atoms with Crippen LogP contribution in [-0.4, -0.2) is 30.3 Å². The van der Waals surface area contributed by atoms with Crippen molar-refractivity contribution in [3.63, 3.8) is 0 Å². The Labute approximate surface area is 113 Å². The molecule has 0 saturated carbocycles. The number of hydrogen-bond acceptors (Lipinski definition) is 4. The molecule has 0 amide bonds. The Morgan fingerprint density at radius 1 is 1.50 bits per heavy atom. The third-order valence-corrected chi connectivity index (χ3v) is 5.20. The summed E-state index contributed by atoms with van der Waals surface area (Å²) in [5.74, 6) is 0.127. The van der Waals surface area contributed by atoms with Crippen molar-refractivity contribution in [2.75, 3.05) is 12.3 Å². The Hall–Kier alpha value is -0.850. The van der Waals surface area contributed by atoms with E-state index in [2.05, 4.69) is 4.98 Å². The van der Waals surface area contributed by atoms with Crippen LogP contribution in [0.15, 0.2) is 17.2 Å². The van der Waals surface area contributed by atoms with Gasteiger partial charge in [-0.05, 0) is 19.4 Å². The molecule has 1 heterocycles. The lowest BCUT2D eigenvalue weighted by atomic mass is 10.3. The summed E-state index contributed by atoms with van der Waals surface area (Å²) in [6, 6.07) is 1.26. The van der Waals surface area contributed by atoms with Gasteiger partial charge in [0.15, 0.2) is 0 Å². The van der Waals surface area contributed by atoms with E-state index in [1.807, 2.05) is 13.8 Å². The largest absolute Gasteiger partial charge is 0.382 e. The van der Waals surface area contributed by atoms with Crippen molar-refractivity contribution in [1.29, 1.82) is 0 Å². The van der Waals surface area contributed by atoms with Gasteiger partial charge in [0.05, 0.1) is 5.02 Å². The van der Waals surface area contributed by atoms with Crippen LogP contribution in [0.5, 0.6) is 0 Å². The lowest BCUT2D eigenvalue weighted by molar-refractivity contribution is 0.342. The SMILES string of the molecule is CCC(C)N(CC)S(=O)(=O)c1cnc(N)c(Cl)c1. The molecule has 0 aromatic carbocycles.